The van der Waals surface area contributed by atoms with E-state index in [1.54, 1.807) is 0 Å². The molecule has 2 nitrogen and oxygen atoms in total. The number of rotatable bonds is 2. The minimum Gasteiger partial charge on any atom is -0.314 e. The summed E-state index contributed by atoms with van der Waals surface area (Å²) in [5.41, 5.74) is 1.72. The zero-order valence-corrected chi connectivity index (χ0v) is 13.7. The number of halogens is 2. The van der Waals surface area contributed by atoms with Gasteiger partial charge in [0.2, 0.25) is 0 Å². The highest BCUT2D eigenvalue weighted by Crippen LogP contribution is 2.37. The molecule has 1 aromatic rings. The van der Waals surface area contributed by atoms with Crippen LogP contribution in [0.5, 0.6) is 0 Å². The third-order valence-corrected chi connectivity index (χ3v) is 3.45. The molecular formula is C15H26Cl2N2. The van der Waals surface area contributed by atoms with Gasteiger partial charge in [0.1, 0.15) is 0 Å². The van der Waals surface area contributed by atoms with Gasteiger partial charge >= 0.3 is 0 Å². The summed E-state index contributed by atoms with van der Waals surface area (Å²) in [7, 11) is 0. The Labute approximate surface area is 129 Å². The van der Waals surface area contributed by atoms with E-state index >= 15 is 0 Å². The second-order valence-corrected chi connectivity index (χ2v) is 5.97. The first kappa shape index (κ1) is 18.7. The van der Waals surface area contributed by atoms with Gasteiger partial charge in [0.25, 0.3) is 0 Å². The van der Waals surface area contributed by atoms with E-state index in [1.807, 2.05) is 0 Å². The van der Waals surface area contributed by atoms with Gasteiger partial charge in [-0.2, -0.15) is 0 Å². The number of benzene rings is 1. The van der Waals surface area contributed by atoms with Gasteiger partial charge in [-0.25, -0.2) is 0 Å². The van der Waals surface area contributed by atoms with Crippen LogP contribution in [0.4, 0.5) is 0 Å². The zero-order chi connectivity index (χ0) is 12.3. The van der Waals surface area contributed by atoms with Crippen molar-refractivity contribution in [2.75, 3.05) is 26.2 Å². The summed E-state index contributed by atoms with van der Waals surface area (Å²) in [4.78, 5) is 2.62. The first-order chi connectivity index (χ1) is 8.09. The highest BCUT2D eigenvalue weighted by Gasteiger charge is 2.32. The molecule has 110 valence electrons. The van der Waals surface area contributed by atoms with Crippen LogP contribution < -0.4 is 5.32 Å². The smallest absolute Gasteiger partial charge is 0.0397 e. The largest absolute Gasteiger partial charge is 0.314 e. The Morgan fingerprint density at radius 2 is 1.53 bits per heavy atom. The van der Waals surface area contributed by atoms with Gasteiger partial charge in [0.05, 0.1) is 0 Å². The van der Waals surface area contributed by atoms with Gasteiger partial charge in [0.15, 0.2) is 0 Å². The molecule has 4 heteroatoms. The molecule has 0 unspecified atom stereocenters. The van der Waals surface area contributed by atoms with E-state index in [9.17, 15) is 0 Å². The van der Waals surface area contributed by atoms with Gasteiger partial charge in [-0.1, -0.05) is 51.1 Å². The Morgan fingerprint density at radius 1 is 1.00 bits per heavy atom. The SMILES string of the molecule is CC(C)(C)[C@H](c1ccccc1)N1CCNCC1.Cl.Cl. The predicted octanol–water partition coefficient (Wildman–Crippen LogP) is 3.52. The van der Waals surface area contributed by atoms with Gasteiger partial charge < -0.3 is 5.32 Å². The average Bonchev–Trinajstić information content (AvgIpc) is 2.30. The molecule has 0 amide bonds. The molecule has 0 radical (unpaired) electrons. The predicted molar refractivity (Wildman–Crippen MR) is 87.6 cm³/mol. The van der Waals surface area contributed by atoms with E-state index in [-0.39, 0.29) is 30.2 Å². The van der Waals surface area contributed by atoms with Gasteiger partial charge in [-0.3, -0.25) is 4.90 Å². The summed E-state index contributed by atoms with van der Waals surface area (Å²) < 4.78 is 0. The third-order valence-electron chi connectivity index (χ3n) is 3.45. The van der Waals surface area contributed by atoms with E-state index in [0.29, 0.717) is 6.04 Å². The molecule has 0 aliphatic carbocycles. The monoisotopic (exact) mass is 304 g/mol. The number of hydrogen-bond donors (Lipinski definition) is 1. The molecular weight excluding hydrogens is 279 g/mol. The summed E-state index contributed by atoms with van der Waals surface area (Å²) in [5.74, 6) is 0. The first-order valence-corrected chi connectivity index (χ1v) is 6.59. The fourth-order valence-corrected chi connectivity index (χ4v) is 2.83. The fourth-order valence-electron chi connectivity index (χ4n) is 2.83. The molecule has 1 saturated heterocycles. The maximum atomic E-state index is 3.43. The van der Waals surface area contributed by atoms with Crippen molar-refractivity contribution in [2.45, 2.75) is 26.8 Å². The summed E-state index contributed by atoms with van der Waals surface area (Å²) >= 11 is 0. The maximum Gasteiger partial charge on any atom is 0.0397 e. The van der Waals surface area contributed by atoms with Gasteiger partial charge in [-0.05, 0) is 11.0 Å². The van der Waals surface area contributed by atoms with Gasteiger partial charge in [-0.15, -0.1) is 24.8 Å². The lowest BCUT2D eigenvalue weighted by molar-refractivity contribution is 0.0862. The number of nitrogens with one attached hydrogen (secondary N) is 1. The van der Waals surface area contributed by atoms with Crippen LogP contribution in [0, 0.1) is 5.41 Å². The van der Waals surface area contributed by atoms with Crippen LogP contribution in [-0.2, 0) is 0 Å². The van der Waals surface area contributed by atoms with E-state index in [4.69, 9.17) is 0 Å². The minimum atomic E-state index is 0. The van der Waals surface area contributed by atoms with Crippen molar-refractivity contribution in [2.24, 2.45) is 5.41 Å². The molecule has 1 heterocycles. The quantitative estimate of drug-likeness (QED) is 0.899. The summed E-state index contributed by atoms with van der Waals surface area (Å²) in [6, 6.07) is 11.4. The highest BCUT2D eigenvalue weighted by molar-refractivity contribution is 5.85. The molecule has 1 aliphatic rings. The van der Waals surface area contributed by atoms with Crippen molar-refractivity contribution in [1.29, 1.82) is 0 Å². The second kappa shape index (κ2) is 8.11. The zero-order valence-electron chi connectivity index (χ0n) is 12.1. The van der Waals surface area contributed by atoms with E-state index in [1.165, 1.54) is 5.56 Å². The standard InChI is InChI=1S/C15H24N2.2ClH/c1-15(2,3)14(13-7-5-4-6-8-13)17-11-9-16-10-12-17;;/h4-8,14,16H,9-12H2,1-3H3;2*1H/t14-;;/m0../s1. The molecule has 1 fully saturated rings. The van der Waals surface area contributed by atoms with Crippen molar-refractivity contribution >= 4 is 24.8 Å². The summed E-state index contributed by atoms with van der Waals surface area (Å²) in [6.45, 7) is 11.5. The Hall–Kier alpha value is -0.280. The molecule has 1 atom stereocenters. The fraction of sp³-hybridized carbons (Fsp3) is 0.600. The second-order valence-electron chi connectivity index (χ2n) is 5.97. The lowest BCUT2D eigenvalue weighted by Gasteiger charge is -2.42. The Balaban J connectivity index is 0.00000162. The lowest BCUT2D eigenvalue weighted by atomic mass is 9.81. The summed E-state index contributed by atoms with van der Waals surface area (Å²) in [6.07, 6.45) is 0. The van der Waals surface area contributed by atoms with E-state index < -0.39 is 0 Å². The number of nitrogens with zero attached hydrogens (tertiary/aromatic N) is 1. The van der Waals surface area contributed by atoms with Crippen LogP contribution >= 0.6 is 24.8 Å². The van der Waals surface area contributed by atoms with Crippen molar-refractivity contribution in [1.82, 2.24) is 10.2 Å². The average molecular weight is 305 g/mol. The van der Waals surface area contributed by atoms with Crippen LogP contribution in [-0.4, -0.2) is 31.1 Å². The normalized spacial score (nSPS) is 18.1. The molecule has 2 rings (SSSR count). The van der Waals surface area contributed by atoms with Crippen molar-refractivity contribution < 1.29 is 0 Å². The number of hydrogen-bond acceptors (Lipinski definition) is 2. The first-order valence-electron chi connectivity index (χ1n) is 6.59. The highest BCUT2D eigenvalue weighted by atomic mass is 35.5. The van der Waals surface area contributed by atoms with E-state index in [2.05, 4.69) is 61.3 Å². The Kier molecular flexibility index (Phi) is 7.99. The topological polar surface area (TPSA) is 15.3 Å². The molecule has 19 heavy (non-hydrogen) atoms. The van der Waals surface area contributed by atoms with Crippen molar-refractivity contribution in [3.05, 3.63) is 35.9 Å². The molecule has 1 aromatic carbocycles. The molecule has 0 saturated carbocycles. The van der Waals surface area contributed by atoms with E-state index in [0.717, 1.165) is 26.2 Å². The van der Waals surface area contributed by atoms with Crippen molar-refractivity contribution in [3.8, 4) is 0 Å². The minimum absolute atomic E-state index is 0. The number of piperazine rings is 1. The molecule has 1 N–H and O–H groups in total. The van der Waals surface area contributed by atoms with Crippen LogP contribution in [0.15, 0.2) is 30.3 Å². The van der Waals surface area contributed by atoms with Crippen LogP contribution in [0.3, 0.4) is 0 Å². The van der Waals surface area contributed by atoms with Crippen LogP contribution in [0.1, 0.15) is 32.4 Å². The molecule has 1 aliphatic heterocycles. The van der Waals surface area contributed by atoms with Crippen LogP contribution in [0.2, 0.25) is 0 Å². The Morgan fingerprint density at radius 3 is 2.00 bits per heavy atom. The third kappa shape index (κ3) is 4.96. The molecule has 0 bridgehead atoms. The molecule has 0 spiro atoms. The van der Waals surface area contributed by atoms with Crippen LogP contribution in [0.25, 0.3) is 0 Å². The Bertz CT molecular complexity index is 343. The maximum absolute atomic E-state index is 3.43. The van der Waals surface area contributed by atoms with Crippen molar-refractivity contribution in [3.63, 3.8) is 0 Å². The molecule has 0 aromatic heterocycles. The lowest BCUT2D eigenvalue weighted by Crippen LogP contribution is -2.48. The summed E-state index contributed by atoms with van der Waals surface area (Å²) in [5, 5.41) is 3.43. The van der Waals surface area contributed by atoms with Gasteiger partial charge in [0, 0.05) is 32.2 Å².